The Bertz CT molecular complexity index is 473. The summed E-state index contributed by atoms with van der Waals surface area (Å²) in [6.45, 7) is 4.74. The Balaban J connectivity index is 1.85. The summed E-state index contributed by atoms with van der Waals surface area (Å²) in [5.74, 6) is 1.37. The van der Waals surface area contributed by atoms with Gasteiger partial charge in [0.05, 0.1) is 11.1 Å². The van der Waals surface area contributed by atoms with Crippen molar-refractivity contribution >= 4 is 17.2 Å². The van der Waals surface area contributed by atoms with Crippen molar-refractivity contribution in [1.82, 2.24) is 15.0 Å². The first-order valence-corrected chi connectivity index (χ1v) is 6.73. The van der Waals surface area contributed by atoms with E-state index in [0.717, 1.165) is 23.8 Å². The van der Waals surface area contributed by atoms with E-state index in [2.05, 4.69) is 20.3 Å². The number of ether oxygens (including phenoxy) is 1. The predicted octanol–water partition coefficient (Wildman–Crippen LogP) is 2.37. The molecule has 1 N–H and O–H groups in total. The molecule has 2 aromatic heterocycles. The average Bonchev–Trinajstić information content (AvgIpc) is 2.82. The highest BCUT2D eigenvalue weighted by atomic mass is 32.1. The van der Waals surface area contributed by atoms with E-state index >= 15 is 0 Å². The average molecular weight is 264 g/mol. The highest BCUT2D eigenvalue weighted by Gasteiger charge is 2.02. The SMILES string of the molecule is CC(C)Oc1cc(NCCc2nccs2)ncn1. The molecule has 2 aromatic rings. The van der Waals surface area contributed by atoms with E-state index in [9.17, 15) is 0 Å². The van der Waals surface area contributed by atoms with Crippen molar-refractivity contribution in [3.8, 4) is 5.88 Å². The number of nitrogens with zero attached hydrogens (tertiary/aromatic N) is 3. The molecule has 0 aromatic carbocycles. The van der Waals surface area contributed by atoms with E-state index in [1.54, 1.807) is 11.3 Å². The van der Waals surface area contributed by atoms with Crippen LogP contribution < -0.4 is 10.1 Å². The summed E-state index contributed by atoms with van der Waals surface area (Å²) in [4.78, 5) is 12.4. The number of hydrogen-bond acceptors (Lipinski definition) is 6. The van der Waals surface area contributed by atoms with Crippen LogP contribution in [0.1, 0.15) is 18.9 Å². The van der Waals surface area contributed by atoms with Crippen molar-refractivity contribution in [2.24, 2.45) is 0 Å². The lowest BCUT2D eigenvalue weighted by Gasteiger charge is -2.09. The van der Waals surface area contributed by atoms with Crippen LogP contribution in [0.5, 0.6) is 5.88 Å². The Morgan fingerprint density at radius 2 is 2.22 bits per heavy atom. The molecule has 0 amide bonds. The molecule has 0 saturated carbocycles. The molecule has 0 aliphatic rings. The van der Waals surface area contributed by atoms with Crippen molar-refractivity contribution in [3.63, 3.8) is 0 Å². The second kappa shape index (κ2) is 6.30. The Morgan fingerprint density at radius 1 is 1.33 bits per heavy atom. The summed E-state index contributed by atoms with van der Waals surface area (Å²) in [7, 11) is 0. The maximum Gasteiger partial charge on any atom is 0.218 e. The van der Waals surface area contributed by atoms with Gasteiger partial charge in [-0.2, -0.15) is 0 Å². The standard InChI is InChI=1S/C12H16N4OS/c1-9(2)17-11-7-10(15-8-16-11)13-4-3-12-14-5-6-18-12/h5-9H,3-4H2,1-2H3,(H,13,15,16). The van der Waals surface area contributed by atoms with E-state index < -0.39 is 0 Å². The minimum atomic E-state index is 0.114. The third kappa shape index (κ3) is 3.96. The molecule has 96 valence electrons. The zero-order chi connectivity index (χ0) is 12.8. The van der Waals surface area contributed by atoms with Gasteiger partial charge in [-0.1, -0.05) is 0 Å². The summed E-state index contributed by atoms with van der Waals surface area (Å²) in [5, 5.41) is 6.33. The van der Waals surface area contributed by atoms with Gasteiger partial charge in [-0.05, 0) is 13.8 Å². The molecule has 0 aliphatic carbocycles. The van der Waals surface area contributed by atoms with Crippen LogP contribution in [0.4, 0.5) is 5.82 Å². The minimum Gasteiger partial charge on any atom is -0.475 e. The molecule has 0 unspecified atom stereocenters. The van der Waals surface area contributed by atoms with Gasteiger partial charge in [0.1, 0.15) is 12.1 Å². The first-order valence-electron chi connectivity index (χ1n) is 5.85. The molecule has 0 aliphatic heterocycles. The fraction of sp³-hybridized carbons (Fsp3) is 0.417. The largest absolute Gasteiger partial charge is 0.475 e. The third-order valence-corrected chi connectivity index (χ3v) is 2.97. The second-order valence-electron chi connectivity index (χ2n) is 4.01. The summed E-state index contributed by atoms with van der Waals surface area (Å²) >= 11 is 1.66. The van der Waals surface area contributed by atoms with E-state index in [1.807, 2.05) is 31.5 Å². The van der Waals surface area contributed by atoms with E-state index in [4.69, 9.17) is 4.74 Å². The molecule has 2 heterocycles. The number of hydrogen-bond donors (Lipinski definition) is 1. The maximum atomic E-state index is 5.51. The smallest absolute Gasteiger partial charge is 0.218 e. The molecule has 5 nitrogen and oxygen atoms in total. The summed E-state index contributed by atoms with van der Waals surface area (Å²) < 4.78 is 5.51. The van der Waals surface area contributed by atoms with E-state index in [-0.39, 0.29) is 6.10 Å². The van der Waals surface area contributed by atoms with Crippen LogP contribution in [0.25, 0.3) is 0 Å². The quantitative estimate of drug-likeness (QED) is 0.868. The lowest BCUT2D eigenvalue weighted by molar-refractivity contribution is 0.232. The lowest BCUT2D eigenvalue weighted by atomic mass is 10.4. The van der Waals surface area contributed by atoms with Gasteiger partial charge in [0, 0.05) is 30.6 Å². The van der Waals surface area contributed by atoms with Gasteiger partial charge in [-0.15, -0.1) is 11.3 Å². The number of aromatic nitrogens is 3. The van der Waals surface area contributed by atoms with Crippen LogP contribution in [-0.4, -0.2) is 27.6 Å². The lowest BCUT2D eigenvalue weighted by Crippen LogP contribution is -2.09. The first kappa shape index (κ1) is 12.8. The zero-order valence-corrected chi connectivity index (χ0v) is 11.3. The van der Waals surface area contributed by atoms with E-state index in [0.29, 0.717) is 5.88 Å². The van der Waals surface area contributed by atoms with Crippen molar-refractivity contribution in [3.05, 3.63) is 29.0 Å². The van der Waals surface area contributed by atoms with Crippen LogP contribution in [0.15, 0.2) is 24.0 Å². The fourth-order valence-electron chi connectivity index (χ4n) is 1.42. The molecule has 0 bridgehead atoms. The van der Waals surface area contributed by atoms with Crippen LogP contribution >= 0.6 is 11.3 Å². The number of nitrogens with one attached hydrogen (secondary N) is 1. The molecule has 6 heteroatoms. The summed E-state index contributed by atoms with van der Waals surface area (Å²) in [5.41, 5.74) is 0. The van der Waals surface area contributed by atoms with Crippen LogP contribution in [0.3, 0.4) is 0 Å². The Hall–Kier alpha value is -1.69. The van der Waals surface area contributed by atoms with Gasteiger partial charge < -0.3 is 10.1 Å². The molecule has 0 saturated heterocycles. The molecule has 18 heavy (non-hydrogen) atoms. The minimum absolute atomic E-state index is 0.114. The van der Waals surface area contributed by atoms with Gasteiger partial charge >= 0.3 is 0 Å². The highest BCUT2D eigenvalue weighted by molar-refractivity contribution is 7.09. The predicted molar refractivity (Wildman–Crippen MR) is 72.1 cm³/mol. The Morgan fingerprint density at radius 3 is 2.94 bits per heavy atom. The van der Waals surface area contributed by atoms with Gasteiger partial charge in [-0.3, -0.25) is 0 Å². The first-order chi connectivity index (χ1) is 8.74. The number of thiazole rings is 1. The maximum absolute atomic E-state index is 5.51. The van der Waals surface area contributed by atoms with Crippen molar-refractivity contribution in [2.75, 3.05) is 11.9 Å². The molecular formula is C12H16N4OS. The molecule has 0 fully saturated rings. The van der Waals surface area contributed by atoms with Gasteiger partial charge in [0.25, 0.3) is 0 Å². The monoisotopic (exact) mass is 264 g/mol. The zero-order valence-electron chi connectivity index (χ0n) is 10.5. The molecule has 2 rings (SSSR count). The topological polar surface area (TPSA) is 59.9 Å². The molecule has 0 atom stereocenters. The fourth-order valence-corrected chi connectivity index (χ4v) is 2.04. The van der Waals surface area contributed by atoms with Gasteiger partial charge in [-0.25, -0.2) is 15.0 Å². The normalized spacial score (nSPS) is 10.6. The van der Waals surface area contributed by atoms with Gasteiger partial charge in [0.15, 0.2) is 0 Å². The molecule has 0 radical (unpaired) electrons. The number of rotatable bonds is 6. The van der Waals surface area contributed by atoms with Crippen LogP contribution in [0, 0.1) is 0 Å². The number of anilines is 1. The van der Waals surface area contributed by atoms with E-state index in [1.165, 1.54) is 6.33 Å². The van der Waals surface area contributed by atoms with Crippen LogP contribution in [0.2, 0.25) is 0 Å². The van der Waals surface area contributed by atoms with Crippen molar-refractivity contribution in [1.29, 1.82) is 0 Å². The van der Waals surface area contributed by atoms with Crippen molar-refractivity contribution < 1.29 is 4.74 Å². The van der Waals surface area contributed by atoms with Gasteiger partial charge in [0.2, 0.25) is 5.88 Å². The second-order valence-corrected chi connectivity index (χ2v) is 4.99. The summed E-state index contributed by atoms with van der Waals surface area (Å²) in [6, 6.07) is 1.81. The third-order valence-electron chi connectivity index (χ3n) is 2.13. The van der Waals surface area contributed by atoms with Crippen LogP contribution in [-0.2, 0) is 6.42 Å². The summed E-state index contributed by atoms with van der Waals surface area (Å²) in [6.07, 6.45) is 4.33. The molecule has 0 spiro atoms. The van der Waals surface area contributed by atoms with Crippen molar-refractivity contribution in [2.45, 2.75) is 26.4 Å². The Kier molecular flexibility index (Phi) is 4.46. The Labute approximate surface area is 110 Å². The molecular weight excluding hydrogens is 248 g/mol. The highest BCUT2D eigenvalue weighted by Crippen LogP contribution is 2.12.